The van der Waals surface area contributed by atoms with Gasteiger partial charge in [-0.2, -0.15) is 15.6 Å². The summed E-state index contributed by atoms with van der Waals surface area (Å²) in [6.45, 7) is 0. The number of hydrogen-bond donors (Lipinski definition) is 0. The molecule has 2 aromatic rings. The van der Waals surface area contributed by atoms with E-state index in [4.69, 9.17) is 10.5 Å². The minimum Gasteiger partial charge on any atom is -0.298 e. The molecule has 5 nitrogen and oxygen atoms in total. The van der Waals surface area contributed by atoms with Crippen molar-refractivity contribution in [3.05, 3.63) is 47.3 Å². The molecular weight excluding hydrogens is 216 g/mol. The van der Waals surface area contributed by atoms with Crippen molar-refractivity contribution in [1.82, 2.24) is 9.78 Å². The molecule has 0 N–H and O–H groups in total. The Morgan fingerprint density at radius 3 is 2.71 bits per heavy atom. The Bertz CT molecular complexity index is 658. The molecule has 0 spiro atoms. The van der Waals surface area contributed by atoms with Crippen LogP contribution in [0.2, 0.25) is 0 Å². The third-order valence-electron chi connectivity index (χ3n) is 2.24. The number of hydrogen-bond acceptors (Lipinski definition) is 4. The van der Waals surface area contributed by atoms with E-state index in [1.165, 1.54) is 23.1 Å². The lowest BCUT2D eigenvalue weighted by Gasteiger charge is -2.03. The zero-order valence-corrected chi connectivity index (χ0v) is 8.66. The van der Waals surface area contributed by atoms with Crippen LogP contribution in [0.1, 0.15) is 21.5 Å². The first-order valence-corrected chi connectivity index (χ1v) is 4.73. The van der Waals surface area contributed by atoms with Crippen LogP contribution in [0.4, 0.5) is 0 Å². The van der Waals surface area contributed by atoms with Crippen LogP contribution < -0.4 is 0 Å². The number of carbonyl (C=O) groups excluding carboxylic acids is 1. The maximum absolute atomic E-state index is 10.6. The summed E-state index contributed by atoms with van der Waals surface area (Å²) >= 11 is 0. The Hall–Kier alpha value is -2.92. The number of nitrogens with zero attached hydrogens (tertiary/aromatic N) is 4. The SMILES string of the molecule is N#Cc1cnn(-c2ccc(C=O)cc2C#N)c1. The second kappa shape index (κ2) is 4.30. The molecule has 0 aliphatic heterocycles. The van der Waals surface area contributed by atoms with E-state index in [0.29, 0.717) is 28.7 Å². The van der Waals surface area contributed by atoms with Crippen molar-refractivity contribution >= 4 is 6.29 Å². The Morgan fingerprint density at radius 1 is 1.29 bits per heavy atom. The molecule has 1 heterocycles. The van der Waals surface area contributed by atoms with Gasteiger partial charge in [0.2, 0.25) is 0 Å². The highest BCUT2D eigenvalue weighted by Crippen LogP contribution is 2.15. The maximum Gasteiger partial charge on any atom is 0.150 e. The molecule has 1 aromatic carbocycles. The zero-order valence-electron chi connectivity index (χ0n) is 8.66. The molecule has 0 radical (unpaired) electrons. The fourth-order valence-electron chi connectivity index (χ4n) is 1.43. The molecule has 0 bridgehead atoms. The van der Waals surface area contributed by atoms with E-state index in [1.54, 1.807) is 12.1 Å². The van der Waals surface area contributed by atoms with Crippen LogP contribution >= 0.6 is 0 Å². The first-order chi connectivity index (χ1) is 8.28. The smallest absolute Gasteiger partial charge is 0.150 e. The standard InChI is InChI=1S/C12H6N4O/c13-4-10-6-15-16(7-10)12-2-1-9(8-17)3-11(12)5-14/h1-3,6-8H. The van der Waals surface area contributed by atoms with Gasteiger partial charge in [-0.25, -0.2) is 4.68 Å². The van der Waals surface area contributed by atoms with Gasteiger partial charge >= 0.3 is 0 Å². The summed E-state index contributed by atoms with van der Waals surface area (Å²) in [5.41, 5.74) is 1.72. The largest absolute Gasteiger partial charge is 0.298 e. The average molecular weight is 222 g/mol. The Labute approximate surface area is 97.1 Å². The van der Waals surface area contributed by atoms with Crippen LogP contribution in [0.15, 0.2) is 30.6 Å². The molecule has 0 aliphatic rings. The summed E-state index contributed by atoms with van der Waals surface area (Å²) in [4.78, 5) is 10.6. The summed E-state index contributed by atoms with van der Waals surface area (Å²) in [7, 11) is 0. The lowest BCUT2D eigenvalue weighted by molar-refractivity contribution is 0.112. The first kappa shape index (κ1) is 10.6. The third kappa shape index (κ3) is 1.90. The summed E-state index contributed by atoms with van der Waals surface area (Å²) in [6, 6.07) is 8.65. The van der Waals surface area contributed by atoms with Crippen molar-refractivity contribution in [2.24, 2.45) is 0 Å². The van der Waals surface area contributed by atoms with Gasteiger partial charge in [0, 0.05) is 11.8 Å². The van der Waals surface area contributed by atoms with Crippen LogP contribution in [0, 0.1) is 22.7 Å². The van der Waals surface area contributed by atoms with Gasteiger partial charge in [-0.1, -0.05) is 0 Å². The maximum atomic E-state index is 10.6. The lowest BCUT2D eigenvalue weighted by atomic mass is 10.1. The average Bonchev–Trinajstić information content (AvgIpc) is 2.86. The first-order valence-electron chi connectivity index (χ1n) is 4.73. The number of aldehydes is 1. The second-order valence-electron chi connectivity index (χ2n) is 3.29. The number of nitriles is 2. The number of rotatable bonds is 2. The van der Waals surface area contributed by atoms with E-state index in [0.717, 1.165) is 0 Å². The molecular formula is C12H6N4O. The fraction of sp³-hybridized carbons (Fsp3) is 0. The predicted molar refractivity (Wildman–Crippen MR) is 58.4 cm³/mol. The van der Waals surface area contributed by atoms with Gasteiger partial charge in [-0.15, -0.1) is 0 Å². The normalized spacial score (nSPS) is 9.29. The van der Waals surface area contributed by atoms with E-state index >= 15 is 0 Å². The number of benzene rings is 1. The molecule has 17 heavy (non-hydrogen) atoms. The molecule has 0 saturated carbocycles. The minimum absolute atomic E-state index is 0.335. The summed E-state index contributed by atoms with van der Waals surface area (Å²) < 4.78 is 1.44. The van der Waals surface area contributed by atoms with Crippen LogP contribution in [-0.2, 0) is 0 Å². The van der Waals surface area contributed by atoms with Gasteiger partial charge in [0.1, 0.15) is 18.4 Å². The molecule has 0 saturated heterocycles. The van der Waals surface area contributed by atoms with Crippen LogP contribution in [0.3, 0.4) is 0 Å². The van der Waals surface area contributed by atoms with Gasteiger partial charge in [0.25, 0.3) is 0 Å². The van der Waals surface area contributed by atoms with Crippen molar-refractivity contribution in [2.75, 3.05) is 0 Å². The van der Waals surface area contributed by atoms with Crippen molar-refractivity contribution in [1.29, 1.82) is 10.5 Å². The Balaban J connectivity index is 2.56. The van der Waals surface area contributed by atoms with Crippen molar-refractivity contribution in [3.8, 4) is 17.8 Å². The molecule has 2 rings (SSSR count). The highest BCUT2D eigenvalue weighted by Gasteiger charge is 2.07. The molecule has 0 aliphatic carbocycles. The van der Waals surface area contributed by atoms with Crippen molar-refractivity contribution in [2.45, 2.75) is 0 Å². The summed E-state index contributed by atoms with van der Waals surface area (Å²) in [5, 5.41) is 21.7. The molecule has 1 aromatic heterocycles. The van der Waals surface area contributed by atoms with Crippen molar-refractivity contribution in [3.63, 3.8) is 0 Å². The Kier molecular flexibility index (Phi) is 2.68. The molecule has 0 unspecified atom stereocenters. The molecule has 0 atom stereocenters. The van der Waals surface area contributed by atoms with E-state index in [-0.39, 0.29) is 0 Å². The van der Waals surface area contributed by atoms with E-state index < -0.39 is 0 Å². The van der Waals surface area contributed by atoms with Gasteiger partial charge in [0.15, 0.2) is 0 Å². The summed E-state index contributed by atoms with van der Waals surface area (Å²) in [6.07, 6.45) is 3.61. The molecule has 5 heteroatoms. The van der Waals surface area contributed by atoms with E-state index in [2.05, 4.69) is 5.10 Å². The number of carbonyl (C=O) groups is 1. The van der Waals surface area contributed by atoms with E-state index in [9.17, 15) is 4.79 Å². The predicted octanol–water partition coefficient (Wildman–Crippen LogP) is 1.43. The van der Waals surface area contributed by atoms with Gasteiger partial charge in [-0.05, 0) is 18.2 Å². The van der Waals surface area contributed by atoms with Crippen LogP contribution in [0.5, 0.6) is 0 Å². The zero-order chi connectivity index (χ0) is 12.3. The van der Waals surface area contributed by atoms with Crippen LogP contribution in [0.25, 0.3) is 5.69 Å². The van der Waals surface area contributed by atoms with Crippen molar-refractivity contribution < 1.29 is 4.79 Å². The highest BCUT2D eigenvalue weighted by atomic mass is 16.1. The fourth-order valence-corrected chi connectivity index (χ4v) is 1.43. The van der Waals surface area contributed by atoms with E-state index in [1.807, 2.05) is 12.1 Å². The minimum atomic E-state index is 0.335. The monoisotopic (exact) mass is 222 g/mol. The number of aromatic nitrogens is 2. The Morgan fingerprint density at radius 2 is 2.12 bits per heavy atom. The third-order valence-corrected chi connectivity index (χ3v) is 2.24. The van der Waals surface area contributed by atoms with Gasteiger partial charge < -0.3 is 0 Å². The topological polar surface area (TPSA) is 82.5 Å². The molecule has 80 valence electrons. The molecule has 0 fully saturated rings. The quantitative estimate of drug-likeness (QED) is 0.719. The lowest BCUT2D eigenvalue weighted by Crippen LogP contribution is -1.98. The summed E-state index contributed by atoms with van der Waals surface area (Å²) in [5.74, 6) is 0. The second-order valence-corrected chi connectivity index (χ2v) is 3.29. The van der Waals surface area contributed by atoms with Gasteiger partial charge in [0.05, 0.1) is 23.0 Å². The van der Waals surface area contributed by atoms with Gasteiger partial charge in [-0.3, -0.25) is 4.79 Å². The highest BCUT2D eigenvalue weighted by molar-refractivity contribution is 5.76. The molecule has 0 amide bonds. The van der Waals surface area contributed by atoms with Crippen LogP contribution in [-0.4, -0.2) is 16.1 Å².